The van der Waals surface area contributed by atoms with Gasteiger partial charge in [-0.2, -0.15) is 0 Å². The SMILES string of the molecule is CCS(=O)CCNc1cnc(C(N)=S)cn1. The second-order valence-corrected chi connectivity index (χ2v) is 5.32. The Bertz CT molecular complexity index is 380. The number of hydrogen-bond acceptors (Lipinski definition) is 5. The molecule has 1 rings (SSSR count). The highest BCUT2D eigenvalue weighted by Crippen LogP contribution is 2.00. The standard InChI is InChI=1S/C9H14N4OS2/c1-2-16(14)4-3-11-8-6-12-7(5-13-8)9(10)15/h5-6H,2-4H2,1H3,(H2,10,15)(H,11,13). The predicted molar refractivity (Wildman–Crippen MR) is 70.0 cm³/mol. The highest BCUT2D eigenvalue weighted by molar-refractivity contribution is 7.84. The summed E-state index contributed by atoms with van der Waals surface area (Å²) in [6.45, 7) is 2.51. The first-order chi connectivity index (χ1) is 7.63. The molecule has 88 valence electrons. The molecule has 0 aliphatic heterocycles. The smallest absolute Gasteiger partial charge is 0.144 e. The molecule has 0 aromatic carbocycles. The maximum Gasteiger partial charge on any atom is 0.144 e. The van der Waals surface area contributed by atoms with Crippen molar-refractivity contribution in [2.75, 3.05) is 23.4 Å². The first kappa shape index (κ1) is 13.0. The van der Waals surface area contributed by atoms with Gasteiger partial charge in [-0.25, -0.2) is 9.97 Å². The Morgan fingerprint density at radius 3 is 2.81 bits per heavy atom. The fourth-order valence-corrected chi connectivity index (χ4v) is 1.71. The van der Waals surface area contributed by atoms with E-state index in [4.69, 9.17) is 18.0 Å². The van der Waals surface area contributed by atoms with Crippen molar-refractivity contribution >= 4 is 33.8 Å². The number of nitrogens with one attached hydrogen (secondary N) is 1. The molecule has 5 nitrogen and oxygen atoms in total. The monoisotopic (exact) mass is 258 g/mol. The molecule has 0 saturated carbocycles. The van der Waals surface area contributed by atoms with E-state index in [0.29, 0.717) is 29.6 Å². The fourth-order valence-electron chi connectivity index (χ4n) is 0.984. The van der Waals surface area contributed by atoms with Crippen LogP contribution in [0.5, 0.6) is 0 Å². The molecule has 0 aliphatic carbocycles. The zero-order valence-corrected chi connectivity index (χ0v) is 10.6. The Kier molecular flexibility index (Phi) is 5.27. The summed E-state index contributed by atoms with van der Waals surface area (Å²) in [5.41, 5.74) is 5.89. The van der Waals surface area contributed by atoms with Crippen molar-refractivity contribution in [1.82, 2.24) is 9.97 Å². The van der Waals surface area contributed by atoms with Crippen molar-refractivity contribution in [2.24, 2.45) is 5.73 Å². The molecule has 0 fully saturated rings. The molecule has 1 atom stereocenters. The van der Waals surface area contributed by atoms with Crippen molar-refractivity contribution in [2.45, 2.75) is 6.92 Å². The Balaban J connectivity index is 2.43. The Hall–Kier alpha value is -1.08. The third-order valence-electron chi connectivity index (χ3n) is 1.86. The molecular weight excluding hydrogens is 244 g/mol. The van der Waals surface area contributed by atoms with Gasteiger partial charge in [-0.3, -0.25) is 4.21 Å². The quantitative estimate of drug-likeness (QED) is 0.714. The van der Waals surface area contributed by atoms with Gasteiger partial charge in [-0.1, -0.05) is 19.1 Å². The molecule has 7 heteroatoms. The van der Waals surface area contributed by atoms with E-state index in [1.54, 1.807) is 6.20 Å². The summed E-state index contributed by atoms with van der Waals surface area (Å²) in [6, 6.07) is 0. The van der Waals surface area contributed by atoms with E-state index in [1.165, 1.54) is 6.20 Å². The molecule has 0 spiro atoms. The number of hydrogen-bond donors (Lipinski definition) is 2. The molecule has 16 heavy (non-hydrogen) atoms. The molecule has 0 bridgehead atoms. The lowest BCUT2D eigenvalue weighted by Gasteiger charge is -2.04. The zero-order valence-electron chi connectivity index (χ0n) is 8.97. The van der Waals surface area contributed by atoms with Crippen LogP contribution >= 0.6 is 12.2 Å². The second-order valence-electron chi connectivity index (χ2n) is 3.01. The molecule has 1 aromatic heterocycles. The van der Waals surface area contributed by atoms with E-state index in [9.17, 15) is 4.21 Å². The van der Waals surface area contributed by atoms with Gasteiger partial charge < -0.3 is 11.1 Å². The Labute approximate surface area is 102 Å². The highest BCUT2D eigenvalue weighted by atomic mass is 32.2. The van der Waals surface area contributed by atoms with Gasteiger partial charge in [-0.15, -0.1) is 0 Å². The van der Waals surface area contributed by atoms with Gasteiger partial charge in [0.1, 0.15) is 16.5 Å². The Morgan fingerprint density at radius 1 is 1.56 bits per heavy atom. The topological polar surface area (TPSA) is 80.9 Å². The Morgan fingerprint density at radius 2 is 2.31 bits per heavy atom. The summed E-state index contributed by atoms with van der Waals surface area (Å²) >= 11 is 4.76. The maximum atomic E-state index is 11.1. The summed E-state index contributed by atoms with van der Waals surface area (Å²) in [6.07, 6.45) is 3.07. The van der Waals surface area contributed by atoms with E-state index < -0.39 is 10.8 Å². The molecule has 0 amide bonds. The van der Waals surface area contributed by atoms with Crippen LogP contribution in [0.1, 0.15) is 12.6 Å². The highest BCUT2D eigenvalue weighted by Gasteiger charge is 2.00. The van der Waals surface area contributed by atoms with Gasteiger partial charge in [0.05, 0.1) is 12.4 Å². The van der Waals surface area contributed by atoms with Crippen molar-refractivity contribution in [1.29, 1.82) is 0 Å². The summed E-state index contributed by atoms with van der Waals surface area (Å²) in [5.74, 6) is 1.91. The minimum atomic E-state index is -0.764. The summed E-state index contributed by atoms with van der Waals surface area (Å²) in [7, 11) is -0.764. The van der Waals surface area contributed by atoms with Gasteiger partial charge >= 0.3 is 0 Å². The molecule has 3 N–H and O–H groups in total. The van der Waals surface area contributed by atoms with Gasteiger partial charge in [0.25, 0.3) is 0 Å². The first-order valence-electron chi connectivity index (χ1n) is 4.84. The first-order valence-corrected chi connectivity index (χ1v) is 6.73. The van der Waals surface area contributed by atoms with E-state index in [-0.39, 0.29) is 4.99 Å². The van der Waals surface area contributed by atoms with E-state index in [2.05, 4.69) is 15.3 Å². The lowest BCUT2D eigenvalue weighted by Crippen LogP contribution is -2.15. The molecular formula is C9H14N4OS2. The number of rotatable bonds is 6. The minimum absolute atomic E-state index is 0.228. The molecule has 0 aliphatic rings. The van der Waals surface area contributed by atoms with Crippen LogP contribution < -0.4 is 11.1 Å². The molecule has 0 saturated heterocycles. The lowest BCUT2D eigenvalue weighted by molar-refractivity contribution is 0.684. The van der Waals surface area contributed by atoms with Crippen LogP contribution in [0.15, 0.2) is 12.4 Å². The van der Waals surface area contributed by atoms with Crippen LogP contribution in [-0.4, -0.2) is 37.2 Å². The normalized spacial score (nSPS) is 12.1. The van der Waals surface area contributed by atoms with Gasteiger partial charge in [0.15, 0.2) is 0 Å². The number of nitrogens with two attached hydrogens (primary N) is 1. The zero-order chi connectivity index (χ0) is 12.0. The van der Waals surface area contributed by atoms with Crippen molar-refractivity contribution in [3.8, 4) is 0 Å². The number of thiocarbonyl (C=S) groups is 1. The molecule has 1 aromatic rings. The number of aromatic nitrogens is 2. The van der Waals surface area contributed by atoms with Crippen molar-refractivity contribution in [3.05, 3.63) is 18.1 Å². The summed E-state index contributed by atoms with van der Waals surface area (Å²) in [4.78, 5) is 8.34. The van der Waals surface area contributed by atoms with Gasteiger partial charge in [-0.05, 0) is 0 Å². The van der Waals surface area contributed by atoms with Crippen molar-refractivity contribution in [3.63, 3.8) is 0 Å². The lowest BCUT2D eigenvalue weighted by atomic mass is 10.4. The largest absolute Gasteiger partial charge is 0.388 e. The third kappa shape index (κ3) is 4.19. The predicted octanol–water partition coefficient (Wildman–Crippen LogP) is 0.291. The maximum absolute atomic E-state index is 11.1. The van der Waals surface area contributed by atoms with E-state index in [1.807, 2.05) is 6.92 Å². The van der Waals surface area contributed by atoms with Crippen LogP contribution in [-0.2, 0) is 10.8 Å². The van der Waals surface area contributed by atoms with Crippen LogP contribution in [0, 0.1) is 0 Å². The van der Waals surface area contributed by atoms with Crippen LogP contribution in [0.2, 0.25) is 0 Å². The van der Waals surface area contributed by atoms with Crippen LogP contribution in [0.25, 0.3) is 0 Å². The minimum Gasteiger partial charge on any atom is -0.388 e. The average Bonchev–Trinajstić information content (AvgIpc) is 2.29. The molecule has 1 unspecified atom stereocenters. The van der Waals surface area contributed by atoms with Crippen LogP contribution in [0.4, 0.5) is 5.82 Å². The third-order valence-corrected chi connectivity index (χ3v) is 3.37. The van der Waals surface area contributed by atoms with Crippen LogP contribution in [0.3, 0.4) is 0 Å². The van der Waals surface area contributed by atoms with Gasteiger partial charge in [0, 0.05) is 28.9 Å². The van der Waals surface area contributed by atoms with E-state index in [0.717, 1.165) is 0 Å². The number of anilines is 1. The summed E-state index contributed by atoms with van der Waals surface area (Å²) in [5, 5.41) is 3.03. The fraction of sp³-hybridized carbons (Fsp3) is 0.444. The van der Waals surface area contributed by atoms with Gasteiger partial charge in [0.2, 0.25) is 0 Å². The summed E-state index contributed by atoms with van der Waals surface area (Å²) < 4.78 is 11.1. The van der Waals surface area contributed by atoms with Crippen molar-refractivity contribution < 1.29 is 4.21 Å². The molecule has 0 radical (unpaired) electrons. The average molecular weight is 258 g/mol. The molecule has 1 heterocycles. The van der Waals surface area contributed by atoms with E-state index >= 15 is 0 Å². The number of nitrogens with zero attached hydrogens (tertiary/aromatic N) is 2. The second kappa shape index (κ2) is 6.49.